The van der Waals surface area contributed by atoms with Crippen molar-refractivity contribution in [3.63, 3.8) is 0 Å². The fraction of sp³-hybridized carbons (Fsp3) is 0.529. The highest BCUT2D eigenvalue weighted by atomic mass is 16.5. The lowest BCUT2D eigenvalue weighted by Crippen LogP contribution is -2.40. The van der Waals surface area contributed by atoms with Crippen LogP contribution in [0.1, 0.15) is 18.4 Å². The number of benzene rings is 1. The summed E-state index contributed by atoms with van der Waals surface area (Å²) in [6.45, 7) is 1.01. The van der Waals surface area contributed by atoms with Gasteiger partial charge in [0.15, 0.2) is 0 Å². The van der Waals surface area contributed by atoms with Crippen LogP contribution in [0.4, 0.5) is 4.79 Å². The van der Waals surface area contributed by atoms with E-state index < -0.39 is 6.10 Å². The molecule has 0 radical (unpaired) electrons. The van der Waals surface area contributed by atoms with E-state index in [0.717, 1.165) is 22.6 Å². The fourth-order valence-electron chi connectivity index (χ4n) is 3.15. The number of imide groups is 1. The Morgan fingerprint density at radius 1 is 1.29 bits per heavy atom. The molecule has 1 N–H and O–H groups in total. The van der Waals surface area contributed by atoms with Gasteiger partial charge in [-0.15, -0.1) is 0 Å². The predicted molar refractivity (Wildman–Crippen MR) is 85.5 cm³/mol. The van der Waals surface area contributed by atoms with Crippen LogP contribution in [0.3, 0.4) is 0 Å². The van der Waals surface area contributed by atoms with Crippen LogP contribution < -0.4 is 4.74 Å². The molecule has 3 rings (SSSR count). The lowest BCUT2D eigenvalue weighted by Gasteiger charge is -2.19. The van der Waals surface area contributed by atoms with Gasteiger partial charge in [0.2, 0.25) is 0 Å². The van der Waals surface area contributed by atoms with E-state index in [0.29, 0.717) is 19.6 Å². The minimum atomic E-state index is -0.892. The van der Waals surface area contributed by atoms with Gasteiger partial charge in [-0.2, -0.15) is 0 Å². The first-order chi connectivity index (χ1) is 11.6. The van der Waals surface area contributed by atoms with Gasteiger partial charge in [0.05, 0.1) is 33.0 Å². The van der Waals surface area contributed by atoms with E-state index in [1.54, 1.807) is 12.0 Å². The van der Waals surface area contributed by atoms with E-state index in [1.165, 1.54) is 0 Å². The number of amides is 3. The number of carbonyl (C=O) groups is 2. The highest BCUT2D eigenvalue weighted by molar-refractivity contribution is 6.04. The predicted octanol–water partition coefficient (Wildman–Crippen LogP) is 0.999. The standard InChI is InChI=1S/C17H22N2O5/c1-23-14-6-4-12(5-7-14)10-24-11-13(20)9-19-16(21)15-3-2-8-18(15)17(19)22/h4-7,13,15,20H,2-3,8-11H2,1H3/t13-,15+/m0/s1. The summed E-state index contributed by atoms with van der Waals surface area (Å²) in [5, 5.41) is 10.1. The first kappa shape index (κ1) is 16.7. The number of ether oxygens (including phenoxy) is 2. The van der Waals surface area contributed by atoms with Gasteiger partial charge >= 0.3 is 6.03 Å². The maximum absolute atomic E-state index is 12.2. The number of nitrogens with zero attached hydrogens (tertiary/aromatic N) is 2. The molecule has 0 bridgehead atoms. The highest BCUT2D eigenvalue weighted by Crippen LogP contribution is 2.27. The number of β-amino-alcohol motifs (C(OH)–C–C–N with tert-alkyl or cyclic N) is 1. The van der Waals surface area contributed by atoms with Gasteiger partial charge in [-0.05, 0) is 30.5 Å². The van der Waals surface area contributed by atoms with Crippen molar-refractivity contribution in [1.29, 1.82) is 0 Å². The van der Waals surface area contributed by atoms with Crippen molar-refractivity contribution in [3.8, 4) is 5.75 Å². The molecule has 130 valence electrons. The summed E-state index contributed by atoms with van der Waals surface area (Å²) < 4.78 is 10.6. The fourth-order valence-corrected chi connectivity index (χ4v) is 3.15. The molecule has 24 heavy (non-hydrogen) atoms. The summed E-state index contributed by atoms with van der Waals surface area (Å²) in [7, 11) is 1.60. The smallest absolute Gasteiger partial charge is 0.327 e. The Morgan fingerprint density at radius 3 is 2.71 bits per heavy atom. The van der Waals surface area contributed by atoms with Crippen molar-refractivity contribution in [3.05, 3.63) is 29.8 Å². The molecule has 0 unspecified atom stereocenters. The number of fused-ring (bicyclic) bond motifs is 1. The number of carbonyl (C=O) groups excluding carboxylic acids is 2. The third-order valence-electron chi connectivity index (χ3n) is 4.41. The molecular formula is C17H22N2O5. The zero-order valence-corrected chi connectivity index (χ0v) is 13.7. The Morgan fingerprint density at radius 2 is 2.04 bits per heavy atom. The Balaban J connectivity index is 1.45. The first-order valence-electron chi connectivity index (χ1n) is 8.11. The van der Waals surface area contributed by atoms with Crippen molar-refractivity contribution in [2.75, 3.05) is 26.8 Å². The summed E-state index contributed by atoms with van der Waals surface area (Å²) in [5.74, 6) is 0.567. The normalized spacial score (nSPS) is 21.3. The van der Waals surface area contributed by atoms with Gasteiger partial charge in [0.1, 0.15) is 11.8 Å². The van der Waals surface area contributed by atoms with E-state index in [9.17, 15) is 14.7 Å². The molecule has 0 aromatic heterocycles. The Bertz CT molecular complexity index is 582. The summed E-state index contributed by atoms with van der Waals surface area (Å²) in [6.07, 6.45) is 0.686. The number of rotatable bonds is 7. The van der Waals surface area contributed by atoms with Gasteiger partial charge in [0, 0.05) is 6.54 Å². The van der Waals surface area contributed by atoms with E-state index >= 15 is 0 Å². The molecule has 3 amide bonds. The van der Waals surface area contributed by atoms with E-state index in [2.05, 4.69) is 0 Å². The minimum absolute atomic E-state index is 0.0206. The quantitative estimate of drug-likeness (QED) is 0.753. The van der Waals surface area contributed by atoms with Crippen LogP contribution in [-0.4, -0.2) is 65.8 Å². The third kappa shape index (κ3) is 3.37. The van der Waals surface area contributed by atoms with E-state index in [-0.39, 0.29) is 31.1 Å². The molecule has 2 fully saturated rings. The number of urea groups is 1. The second kappa shape index (κ2) is 7.19. The second-order valence-electron chi connectivity index (χ2n) is 6.10. The molecular weight excluding hydrogens is 312 g/mol. The maximum Gasteiger partial charge on any atom is 0.327 e. The van der Waals surface area contributed by atoms with E-state index in [4.69, 9.17) is 9.47 Å². The average molecular weight is 334 g/mol. The lowest BCUT2D eigenvalue weighted by atomic mass is 10.2. The number of hydrogen-bond acceptors (Lipinski definition) is 5. The van der Waals surface area contributed by atoms with Crippen molar-refractivity contribution in [2.45, 2.75) is 31.6 Å². The number of aliphatic hydroxyl groups is 1. The van der Waals surface area contributed by atoms with Crippen molar-refractivity contribution in [1.82, 2.24) is 9.80 Å². The van der Waals surface area contributed by atoms with E-state index in [1.807, 2.05) is 24.3 Å². The Labute approximate surface area is 140 Å². The molecule has 0 spiro atoms. The second-order valence-corrected chi connectivity index (χ2v) is 6.10. The van der Waals surface area contributed by atoms with Gasteiger partial charge in [0.25, 0.3) is 5.91 Å². The van der Waals surface area contributed by atoms with Crippen LogP contribution in [0.5, 0.6) is 5.75 Å². The summed E-state index contributed by atoms with van der Waals surface area (Å²) in [6, 6.07) is 6.82. The number of hydrogen-bond donors (Lipinski definition) is 1. The lowest BCUT2D eigenvalue weighted by molar-refractivity contribution is -0.129. The van der Waals surface area contributed by atoms with Crippen molar-refractivity contribution in [2.24, 2.45) is 0 Å². The molecule has 2 saturated heterocycles. The Kier molecular flexibility index (Phi) is 5.01. The largest absolute Gasteiger partial charge is 0.497 e. The first-order valence-corrected chi connectivity index (χ1v) is 8.11. The van der Waals surface area contributed by atoms with Gasteiger partial charge in [-0.3, -0.25) is 9.69 Å². The molecule has 1 aromatic carbocycles. The molecule has 1 aromatic rings. The summed E-state index contributed by atoms with van der Waals surface area (Å²) in [5.41, 5.74) is 0.956. The monoisotopic (exact) mass is 334 g/mol. The average Bonchev–Trinajstić information content (AvgIpc) is 3.15. The number of aliphatic hydroxyl groups excluding tert-OH is 1. The van der Waals surface area contributed by atoms with Crippen LogP contribution in [0.15, 0.2) is 24.3 Å². The van der Waals surface area contributed by atoms with Gasteiger partial charge in [-0.1, -0.05) is 12.1 Å². The molecule has 2 heterocycles. The zero-order valence-electron chi connectivity index (χ0n) is 13.7. The van der Waals surface area contributed by atoms with Gasteiger partial charge in [-0.25, -0.2) is 4.79 Å². The summed E-state index contributed by atoms with van der Waals surface area (Å²) >= 11 is 0. The number of methoxy groups -OCH3 is 1. The van der Waals surface area contributed by atoms with Crippen molar-refractivity contribution >= 4 is 11.9 Å². The molecule has 2 aliphatic heterocycles. The molecule has 7 heteroatoms. The van der Waals surface area contributed by atoms with Crippen LogP contribution in [0, 0.1) is 0 Å². The molecule has 2 atom stereocenters. The molecule has 0 saturated carbocycles. The van der Waals surface area contributed by atoms with Crippen LogP contribution in [0.25, 0.3) is 0 Å². The van der Waals surface area contributed by atoms with Crippen LogP contribution in [-0.2, 0) is 16.1 Å². The third-order valence-corrected chi connectivity index (χ3v) is 4.41. The zero-order chi connectivity index (χ0) is 17.1. The molecule has 2 aliphatic rings. The van der Waals surface area contributed by atoms with Gasteiger partial charge < -0.3 is 19.5 Å². The molecule has 0 aliphatic carbocycles. The summed E-state index contributed by atoms with van der Waals surface area (Å²) in [4.78, 5) is 27.1. The van der Waals surface area contributed by atoms with Crippen molar-refractivity contribution < 1.29 is 24.2 Å². The minimum Gasteiger partial charge on any atom is -0.497 e. The maximum atomic E-state index is 12.2. The van der Waals surface area contributed by atoms with Crippen LogP contribution >= 0.6 is 0 Å². The topological polar surface area (TPSA) is 79.3 Å². The molecule has 7 nitrogen and oxygen atoms in total. The highest BCUT2D eigenvalue weighted by Gasteiger charge is 2.47. The SMILES string of the molecule is COc1ccc(COC[C@@H](O)CN2C(=O)[C@H]3CCCN3C2=O)cc1. The Hall–Kier alpha value is -2.12. The van der Waals surface area contributed by atoms with Crippen LogP contribution in [0.2, 0.25) is 0 Å².